The van der Waals surface area contributed by atoms with Gasteiger partial charge in [0.1, 0.15) is 23.3 Å². The largest absolute Gasteiger partial charge is 0.353 e. The minimum Gasteiger partial charge on any atom is -0.353 e. The van der Waals surface area contributed by atoms with E-state index in [2.05, 4.69) is 14.9 Å². The first kappa shape index (κ1) is 20.4. The number of nitrogens with two attached hydrogens (primary N) is 1. The van der Waals surface area contributed by atoms with Crippen LogP contribution in [-0.4, -0.2) is 51.4 Å². The summed E-state index contributed by atoms with van der Waals surface area (Å²) in [6, 6.07) is 12.8. The van der Waals surface area contributed by atoms with Crippen LogP contribution < -0.4 is 10.6 Å². The fourth-order valence-corrected chi connectivity index (χ4v) is 4.37. The highest BCUT2D eigenvalue weighted by Gasteiger charge is 2.27. The average molecular weight is 432 g/mol. The first-order valence-electron chi connectivity index (χ1n) is 10.9. The van der Waals surface area contributed by atoms with E-state index in [0.717, 1.165) is 55.2 Å². The van der Waals surface area contributed by atoms with Gasteiger partial charge in [-0.15, -0.1) is 0 Å². The summed E-state index contributed by atoms with van der Waals surface area (Å²) in [6.45, 7) is 2.43. The molecule has 7 nitrogen and oxygen atoms in total. The maximum Gasteiger partial charge on any atom is 0.130 e. The van der Waals surface area contributed by atoms with Crippen molar-refractivity contribution in [1.82, 2.24) is 19.9 Å². The van der Waals surface area contributed by atoms with Crippen LogP contribution in [0, 0.1) is 11.2 Å². The number of rotatable bonds is 5. The van der Waals surface area contributed by atoms with E-state index in [1.807, 2.05) is 29.2 Å². The van der Waals surface area contributed by atoms with Crippen LogP contribution in [0.2, 0.25) is 0 Å². The Labute approximate surface area is 186 Å². The Balaban J connectivity index is 1.28. The van der Waals surface area contributed by atoms with Gasteiger partial charge in [0.15, 0.2) is 0 Å². The lowest BCUT2D eigenvalue weighted by atomic mass is 10.0. The van der Waals surface area contributed by atoms with E-state index in [4.69, 9.17) is 16.1 Å². The van der Waals surface area contributed by atoms with Gasteiger partial charge in [-0.2, -0.15) is 0 Å². The lowest BCUT2D eigenvalue weighted by Gasteiger charge is -2.37. The van der Waals surface area contributed by atoms with Crippen LogP contribution in [0.5, 0.6) is 0 Å². The summed E-state index contributed by atoms with van der Waals surface area (Å²) in [7, 11) is 0. The number of likely N-dealkylation sites (tertiary alicyclic amines) is 1. The maximum atomic E-state index is 13.7. The van der Waals surface area contributed by atoms with Crippen molar-refractivity contribution in [2.75, 3.05) is 24.5 Å². The second-order valence-corrected chi connectivity index (χ2v) is 8.35. The van der Waals surface area contributed by atoms with Gasteiger partial charge < -0.3 is 20.5 Å². The molecule has 0 aliphatic carbocycles. The molecule has 0 bridgehead atoms. The number of pyridine rings is 1. The number of nitrogens with one attached hydrogen (secondary N) is 2. The fourth-order valence-electron chi connectivity index (χ4n) is 4.37. The van der Waals surface area contributed by atoms with E-state index in [-0.39, 0.29) is 17.9 Å². The summed E-state index contributed by atoms with van der Waals surface area (Å²) in [6.07, 6.45) is 7.18. The van der Waals surface area contributed by atoms with Crippen molar-refractivity contribution < 1.29 is 4.39 Å². The molecule has 2 aliphatic heterocycles. The number of hydrogen-bond donors (Lipinski definition) is 3. The van der Waals surface area contributed by atoms with Gasteiger partial charge in [0.25, 0.3) is 0 Å². The molecule has 0 radical (unpaired) electrons. The van der Waals surface area contributed by atoms with Crippen LogP contribution in [0.15, 0.2) is 54.7 Å². The van der Waals surface area contributed by atoms with Crippen LogP contribution in [0.25, 0.3) is 17.5 Å². The lowest BCUT2D eigenvalue weighted by Crippen LogP contribution is -2.56. The summed E-state index contributed by atoms with van der Waals surface area (Å²) in [4.78, 5) is 16.6. The van der Waals surface area contributed by atoms with Gasteiger partial charge in [0, 0.05) is 25.7 Å². The molecule has 1 atom stereocenters. The van der Waals surface area contributed by atoms with Crippen LogP contribution in [-0.2, 0) is 0 Å². The number of H-pyrrole nitrogens is 1. The zero-order chi connectivity index (χ0) is 22.1. The zero-order valence-corrected chi connectivity index (χ0v) is 17.7. The Hall–Kier alpha value is -3.52. The highest BCUT2D eigenvalue weighted by molar-refractivity contribution is 5.94. The highest BCUT2D eigenvalue weighted by atomic mass is 19.1. The molecule has 2 aromatic heterocycles. The second kappa shape index (κ2) is 8.55. The number of benzene rings is 1. The SMILES string of the molecule is N=C(/C=C\c1ncc(-c2cccc(N3CC(N)C3)n2)[nH]1)N1CCCC1c1cccc(F)c1. The summed E-state index contributed by atoms with van der Waals surface area (Å²) in [5.74, 6) is 1.72. The molecular formula is C24H26FN7. The smallest absolute Gasteiger partial charge is 0.130 e. The van der Waals surface area contributed by atoms with E-state index < -0.39 is 0 Å². The summed E-state index contributed by atoms with van der Waals surface area (Å²) >= 11 is 0. The summed E-state index contributed by atoms with van der Waals surface area (Å²) in [5, 5.41) is 8.53. The monoisotopic (exact) mass is 431 g/mol. The third kappa shape index (κ3) is 4.13. The molecule has 2 fully saturated rings. The molecule has 0 saturated carbocycles. The van der Waals surface area contributed by atoms with Gasteiger partial charge >= 0.3 is 0 Å². The molecule has 1 aromatic carbocycles. The normalized spacial score (nSPS) is 19.0. The Morgan fingerprint density at radius 3 is 2.88 bits per heavy atom. The van der Waals surface area contributed by atoms with Crippen molar-refractivity contribution >= 4 is 17.7 Å². The minimum absolute atomic E-state index is 0.0246. The fraction of sp³-hybridized carbons (Fsp3) is 0.292. The molecule has 3 aromatic rings. The maximum absolute atomic E-state index is 13.7. The Morgan fingerprint density at radius 1 is 1.22 bits per heavy atom. The third-order valence-corrected chi connectivity index (χ3v) is 6.03. The van der Waals surface area contributed by atoms with Gasteiger partial charge in [-0.25, -0.2) is 14.4 Å². The summed E-state index contributed by atoms with van der Waals surface area (Å²) in [5.41, 5.74) is 8.43. The van der Waals surface area contributed by atoms with Crippen LogP contribution in [0.3, 0.4) is 0 Å². The van der Waals surface area contributed by atoms with E-state index in [0.29, 0.717) is 11.7 Å². The van der Waals surface area contributed by atoms with E-state index >= 15 is 0 Å². The molecule has 4 N–H and O–H groups in total. The molecule has 1 unspecified atom stereocenters. The molecular weight excluding hydrogens is 405 g/mol. The topological polar surface area (TPSA) is 97.9 Å². The predicted molar refractivity (Wildman–Crippen MR) is 124 cm³/mol. The van der Waals surface area contributed by atoms with Gasteiger partial charge in [-0.3, -0.25) is 5.41 Å². The minimum atomic E-state index is -0.242. The molecule has 8 heteroatoms. The number of anilines is 1. The molecule has 0 spiro atoms. The van der Waals surface area contributed by atoms with Crippen LogP contribution in [0.4, 0.5) is 10.2 Å². The zero-order valence-electron chi connectivity index (χ0n) is 17.7. The molecule has 32 heavy (non-hydrogen) atoms. The number of hydrogen-bond acceptors (Lipinski definition) is 5. The Kier molecular flexibility index (Phi) is 5.45. The number of aromatic amines is 1. The average Bonchev–Trinajstić information content (AvgIpc) is 3.45. The second-order valence-electron chi connectivity index (χ2n) is 8.35. The summed E-state index contributed by atoms with van der Waals surface area (Å²) < 4.78 is 13.7. The number of imidazole rings is 1. The Morgan fingerprint density at radius 2 is 2.06 bits per heavy atom. The van der Waals surface area contributed by atoms with Gasteiger partial charge in [0.05, 0.1) is 23.6 Å². The molecule has 2 aliphatic rings. The highest BCUT2D eigenvalue weighted by Crippen LogP contribution is 2.32. The first-order chi connectivity index (χ1) is 15.6. The molecule has 5 rings (SSSR count). The number of aromatic nitrogens is 3. The van der Waals surface area contributed by atoms with Crippen molar-refractivity contribution in [2.24, 2.45) is 5.73 Å². The quantitative estimate of drug-likeness (QED) is 0.424. The number of halogens is 1. The molecule has 0 amide bonds. The standard InChI is InChI=1S/C24H26FN7/c25-17-5-1-4-16(12-17)21-7-3-11-32(21)22(27)9-10-23-28-13-20(29-23)19-6-2-8-24(30-19)31-14-18(26)15-31/h1-2,4-6,8-10,12-13,18,21,27H,3,7,11,14-15,26H2,(H,28,29)/b10-9-,27-22?. The van der Waals surface area contributed by atoms with Crippen LogP contribution in [0.1, 0.15) is 30.3 Å². The van der Waals surface area contributed by atoms with Crippen molar-refractivity contribution in [1.29, 1.82) is 5.41 Å². The van der Waals surface area contributed by atoms with Gasteiger partial charge in [-0.05, 0) is 54.8 Å². The van der Waals surface area contributed by atoms with Crippen LogP contribution >= 0.6 is 0 Å². The van der Waals surface area contributed by atoms with E-state index in [1.54, 1.807) is 30.5 Å². The Bertz CT molecular complexity index is 1150. The predicted octanol–water partition coefficient (Wildman–Crippen LogP) is 3.59. The van der Waals surface area contributed by atoms with Crippen molar-refractivity contribution in [2.45, 2.75) is 24.9 Å². The van der Waals surface area contributed by atoms with Gasteiger partial charge in [0.2, 0.25) is 0 Å². The van der Waals surface area contributed by atoms with Crippen molar-refractivity contribution in [3.63, 3.8) is 0 Å². The lowest BCUT2D eigenvalue weighted by molar-refractivity contribution is 0.399. The molecule has 4 heterocycles. The third-order valence-electron chi connectivity index (χ3n) is 6.03. The van der Waals surface area contributed by atoms with E-state index in [9.17, 15) is 4.39 Å². The number of amidine groups is 1. The van der Waals surface area contributed by atoms with Crippen molar-refractivity contribution in [3.8, 4) is 11.4 Å². The molecule has 164 valence electrons. The van der Waals surface area contributed by atoms with Crippen molar-refractivity contribution in [3.05, 3.63) is 71.9 Å². The van der Waals surface area contributed by atoms with E-state index in [1.165, 1.54) is 6.07 Å². The number of nitrogens with zero attached hydrogens (tertiary/aromatic N) is 4. The molecule has 2 saturated heterocycles. The first-order valence-corrected chi connectivity index (χ1v) is 10.9. The van der Waals surface area contributed by atoms with Gasteiger partial charge in [-0.1, -0.05) is 18.2 Å².